The van der Waals surface area contributed by atoms with Crippen molar-refractivity contribution in [1.29, 1.82) is 0 Å². The maximum Gasteiger partial charge on any atom is 0.255 e. The normalized spacial score (nSPS) is 9.89. The molecule has 0 saturated carbocycles. The van der Waals surface area contributed by atoms with E-state index < -0.39 is 0 Å². The Bertz CT molecular complexity index is 549. The van der Waals surface area contributed by atoms with Crippen molar-refractivity contribution in [3.8, 4) is 5.75 Å². The van der Waals surface area contributed by atoms with Crippen LogP contribution in [-0.4, -0.2) is 12.5 Å². The van der Waals surface area contributed by atoms with Crippen LogP contribution in [-0.2, 0) is 6.54 Å². The quantitative estimate of drug-likeness (QED) is 0.820. The first kappa shape index (κ1) is 13.4. The summed E-state index contributed by atoms with van der Waals surface area (Å²) in [4.78, 5) is 13.2. The van der Waals surface area contributed by atoms with Crippen LogP contribution in [0.5, 0.6) is 5.75 Å². The molecule has 19 heavy (non-hydrogen) atoms. The van der Waals surface area contributed by atoms with Crippen LogP contribution in [0, 0.1) is 0 Å². The summed E-state index contributed by atoms with van der Waals surface area (Å²) in [5, 5.41) is 4.87. The Morgan fingerprint density at radius 2 is 2.16 bits per heavy atom. The summed E-state index contributed by atoms with van der Waals surface area (Å²) in [6.45, 7) is 4.51. The highest BCUT2D eigenvalue weighted by Crippen LogP contribution is 2.18. The van der Waals surface area contributed by atoms with Crippen molar-refractivity contribution in [2.45, 2.75) is 6.54 Å². The number of ether oxygens (including phenoxy) is 1. The SMILES string of the molecule is C=CCOc1ccccc1C(=O)NCc1cccs1. The number of amides is 1. The average molecular weight is 273 g/mol. The molecule has 0 radical (unpaired) electrons. The van der Waals surface area contributed by atoms with Gasteiger partial charge in [0, 0.05) is 4.88 Å². The minimum absolute atomic E-state index is 0.131. The van der Waals surface area contributed by atoms with Crippen LogP contribution in [0.15, 0.2) is 54.4 Å². The van der Waals surface area contributed by atoms with Crippen molar-refractivity contribution in [2.75, 3.05) is 6.61 Å². The van der Waals surface area contributed by atoms with Gasteiger partial charge in [0.25, 0.3) is 5.91 Å². The Hall–Kier alpha value is -2.07. The molecule has 3 nitrogen and oxygen atoms in total. The third kappa shape index (κ3) is 3.69. The molecule has 1 heterocycles. The highest BCUT2D eigenvalue weighted by molar-refractivity contribution is 7.09. The summed E-state index contributed by atoms with van der Waals surface area (Å²) >= 11 is 1.62. The molecule has 98 valence electrons. The van der Waals surface area contributed by atoms with Gasteiger partial charge < -0.3 is 10.1 Å². The molecule has 0 saturated heterocycles. The Kier molecular flexibility index (Phi) is 4.75. The van der Waals surface area contributed by atoms with E-state index in [-0.39, 0.29) is 5.91 Å². The van der Waals surface area contributed by atoms with Crippen LogP contribution in [0.3, 0.4) is 0 Å². The van der Waals surface area contributed by atoms with E-state index in [2.05, 4.69) is 11.9 Å². The number of para-hydroxylation sites is 1. The summed E-state index contributed by atoms with van der Waals surface area (Å²) in [6, 6.07) is 11.2. The van der Waals surface area contributed by atoms with Crippen LogP contribution in [0.1, 0.15) is 15.2 Å². The van der Waals surface area contributed by atoms with E-state index in [1.54, 1.807) is 29.5 Å². The van der Waals surface area contributed by atoms with Gasteiger partial charge in [-0.3, -0.25) is 4.79 Å². The van der Waals surface area contributed by atoms with Gasteiger partial charge in [0.05, 0.1) is 12.1 Å². The largest absolute Gasteiger partial charge is 0.489 e. The number of hydrogen-bond acceptors (Lipinski definition) is 3. The number of carbonyl (C=O) groups excluding carboxylic acids is 1. The molecule has 0 unspecified atom stereocenters. The lowest BCUT2D eigenvalue weighted by Crippen LogP contribution is -2.23. The molecule has 0 aliphatic heterocycles. The van der Waals surface area contributed by atoms with Crippen LogP contribution in [0.25, 0.3) is 0 Å². The van der Waals surface area contributed by atoms with Crippen molar-refractivity contribution in [1.82, 2.24) is 5.32 Å². The van der Waals surface area contributed by atoms with E-state index in [4.69, 9.17) is 4.74 Å². The number of hydrogen-bond donors (Lipinski definition) is 1. The second-order valence-corrected chi connectivity index (χ2v) is 4.89. The molecule has 1 aromatic carbocycles. The van der Waals surface area contributed by atoms with E-state index in [0.29, 0.717) is 24.5 Å². The zero-order valence-electron chi connectivity index (χ0n) is 10.5. The zero-order chi connectivity index (χ0) is 13.5. The monoisotopic (exact) mass is 273 g/mol. The van der Waals surface area contributed by atoms with Gasteiger partial charge in [0.1, 0.15) is 12.4 Å². The molecule has 0 fully saturated rings. The maximum absolute atomic E-state index is 12.1. The van der Waals surface area contributed by atoms with Gasteiger partial charge in [-0.2, -0.15) is 0 Å². The van der Waals surface area contributed by atoms with Crippen molar-refractivity contribution < 1.29 is 9.53 Å². The minimum Gasteiger partial charge on any atom is -0.489 e. The fraction of sp³-hybridized carbons (Fsp3) is 0.133. The van der Waals surface area contributed by atoms with Gasteiger partial charge in [-0.1, -0.05) is 30.9 Å². The molecule has 1 N–H and O–H groups in total. The molecule has 0 spiro atoms. The lowest BCUT2D eigenvalue weighted by Gasteiger charge is -2.10. The fourth-order valence-corrected chi connectivity index (χ4v) is 2.25. The summed E-state index contributed by atoms with van der Waals surface area (Å²) < 4.78 is 5.47. The summed E-state index contributed by atoms with van der Waals surface area (Å²) in [5.41, 5.74) is 0.543. The van der Waals surface area contributed by atoms with Gasteiger partial charge in [-0.25, -0.2) is 0 Å². The first-order valence-corrected chi connectivity index (χ1v) is 6.82. The van der Waals surface area contributed by atoms with Gasteiger partial charge in [0.15, 0.2) is 0 Å². The van der Waals surface area contributed by atoms with Crippen molar-refractivity contribution in [2.24, 2.45) is 0 Å². The molecule has 0 aliphatic rings. The lowest BCUT2D eigenvalue weighted by atomic mass is 10.2. The van der Waals surface area contributed by atoms with Crippen LogP contribution >= 0.6 is 11.3 Å². The first-order chi connectivity index (χ1) is 9.31. The number of rotatable bonds is 6. The highest BCUT2D eigenvalue weighted by atomic mass is 32.1. The molecule has 1 aromatic heterocycles. The standard InChI is InChI=1S/C15H15NO2S/c1-2-9-18-14-8-4-3-7-13(14)15(17)16-11-12-6-5-10-19-12/h2-8,10H,1,9,11H2,(H,16,17). The first-order valence-electron chi connectivity index (χ1n) is 5.94. The molecule has 2 rings (SSSR count). The smallest absolute Gasteiger partial charge is 0.255 e. The zero-order valence-corrected chi connectivity index (χ0v) is 11.3. The predicted molar refractivity (Wildman–Crippen MR) is 77.6 cm³/mol. The molecule has 0 aliphatic carbocycles. The average Bonchev–Trinajstić information content (AvgIpc) is 2.96. The summed E-state index contributed by atoms with van der Waals surface area (Å²) in [6.07, 6.45) is 1.65. The molecule has 4 heteroatoms. The number of carbonyl (C=O) groups is 1. The van der Waals surface area contributed by atoms with E-state index in [1.165, 1.54) is 0 Å². The Labute approximate surface area is 116 Å². The van der Waals surface area contributed by atoms with Gasteiger partial charge >= 0.3 is 0 Å². The molecule has 1 amide bonds. The van der Waals surface area contributed by atoms with Crippen LogP contribution < -0.4 is 10.1 Å². The number of nitrogens with one attached hydrogen (secondary N) is 1. The molecule has 0 atom stereocenters. The number of thiophene rings is 1. The predicted octanol–water partition coefficient (Wildman–Crippen LogP) is 3.24. The van der Waals surface area contributed by atoms with Crippen LogP contribution in [0.2, 0.25) is 0 Å². The van der Waals surface area contributed by atoms with Crippen LogP contribution in [0.4, 0.5) is 0 Å². The molecule has 0 bridgehead atoms. The minimum atomic E-state index is -0.131. The van der Waals surface area contributed by atoms with Crippen molar-refractivity contribution in [3.05, 3.63) is 64.9 Å². The Balaban J connectivity index is 2.03. The third-order valence-electron chi connectivity index (χ3n) is 2.49. The van der Waals surface area contributed by atoms with Crippen molar-refractivity contribution >= 4 is 17.2 Å². The van der Waals surface area contributed by atoms with E-state index >= 15 is 0 Å². The Morgan fingerprint density at radius 3 is 2.89 bits per heavy atom. The molecular weight excluding hydrogens is 258 g/mol. The van der Waals surface area contributed by atoms with E-state index in [1.807, 2.05) is 29.6 Å². The fourth-order valence-electron chi connectivity index (χ4n) is 1.60. The van der Waals surface area contributed by atoms with E-state index in [0.717, 1.165) is 4.88 Å². The van der Waals surface area contributed by atoms with Gasteiger partial charge in [-0.15, -0.1) is 11.3 Å². The second-order valence-electron chi connectivity index (χ2n) is 3.86. The third-order valence-corrected chi connectivity index (χ3v) is 3.37. The highest BCUT2D eigenvalue weighted by Gasteiger charge is 2.11. The maximum atomic E-state index is 12.1. The molecular formula is C15H15NO2S. The summed E-state index contributed by atoms with van der Waals surface area (Å²) in [7, 11) is 0. The van der Waals surface area contributed by atoms with Gasteiger partial charge in [0.2, 0.25) is 0 Å². The topological polar surface area (TPSA) is 38.3 Å². The van der Waals surface area contributed by atoms with Crippen molar-refractivity contribution in [3.63, 3.8) is 0 Å². The second kappa shape index (κ2) is 6.75. The Morgan fingerprint density at radius 1 is 1.32 bits per heavy atom. The van der Waals surface area contributed by atoms with Gasteiger partial charge in [-0.05, 0) is 23.6 Å². The lowest BCUT2D eigenvalue weighted by molar-refractivity contribution is 0.0948. The molecule has 2 aromatic rings. The van der Waals surface area contributed by atoms with E-state index in [9.17, 15) is 4.79 Å². The number of benzene rings is 1. The summed E-state index contributed by atoms with van der Waals surface area (Å²) in [5.74, 6) is 0.444.